The van der Waals surface area contributed by atoms with Crippen LogP contribution in [0.3, 0.4) is 0 Å². The Labute approximate surface area is 126 Å². The highest BCUT2D eigenvalue weighted by molar-refractivity contribution is 7.80. The molecule has 0 aliphatic rings. The maximum absolute atomic E-state index is 12.8. The summed E-state index contributed by atoms with van der Waals surface area (Å²) in [5.74, 6) is -0.220. The molecule has 112 valence electrons. The van der Waals surface area contributed by atoms with Crippen molar-refractivity contribution in [3.8, 4) is 0 Å². The highest BCUT2D eigenvalue weighted by Gasteiger charge is 2.21. The van der Waals surface area contributed by atoms with Gasteiger partial charge in [-0.2, -0.15) is 0 Å². The lowest BCUT2D eigenvalue weighted by atomic mass is 9.93. The molecule has 1 rings (SSSR count). The molecule has 5 heteroatoms. The second kappa shape index (κ2) is 7.55. The summed E-state index contributed by atoms with van der Waals surface area (Å²) in [5, 5.41) is 7.01. The molecular formula is C15H25FN3S+. The molecule has 0 amide bonds. The smallest absolute Gasteiger partial charge is 0.166 e. The zero-order valence-electron chi connectivity index (χ0n) is 12.7. The van der Waals surface area contributed by atoms with Gasteiger partial charge >= 0.3 is 0 Å². The summed E-state index contributed by atoms with van der Waals surface area (Å²) in [7, 11) is 4.29. The molecule has 0 atom stereocenters. The van der Waals surface area contributed by atoms with Crippen molar-refractivity contribution >= 4 is 17.3 Å². The van der Waals surface area contributed by atoms with E-state index >= 15 is 0 Å². The molecule has 0 radical (unpaired) electrons. The van der Waals surface area contributed by atoms with Gasteiger partial charge in [0, 0.05) is 18.5 Å². The molecular weight excluding hydrogens is 273 g/mol. The van der Waals surface area contributed by atoms with Crippen LogP contribution < -0.4 is 15.5 Å². The van der Waals surface area contributed by atoms with Crippen LogP contribution in [-0.2, 0) is 6.54 Å². The fourth-order valence-corrected chi connectivity index (χ4v) is 2.33. The number of benzene rings is 1. The minimum absolute atomic E-state index is 0.181. The van der Waals surface area contributed by atoms with E-state index in [9.17, 15) is 4.39 Å². The molecule has 0 unspecified atom stereocenters. The van der Waals surface area contributed by atoms with E-state index in [1.807, 2.05) is 0 Å². The van der Waals surface area contributed by atoms with Gasteiger partial charge in [-0.3, -0.25) is 0 Å². The summed E-state index contributed by atoms with van der Waals surface area (Å²) >= 11 is 5.26. The van der Waals surface area contributed by atoms with Gasteiger partial charge in [-0.1, -0.05) is 26.0 Å². The Morgan fingerprint density at radius 1 is 1.20 bits per heavy atom. The van der Waals surface area contributed by atoms with Gasteiger partial charge < -0.3 is 15.5 Å². The molecule has 0 aliphatic heterocycles. The average Bonchev–Trinajstić information content (AvgIpc) is 2.34. The fourth-order valence-electron chi connectivity index (χ4n) is 2.19. The Kier molecular flexibility index (Phi) is 6.36. The third kappa shape index (κ3) is 6.82. The van der Waals surface area contributed by atoms with E-state index in [-0.39, 0.29) is 11.2 Å². The van der Waals surface area contributed by atoms with Crippen LogP contribution in [0.1, 0.15) is 19.4 Å². The van der Waals surface area contributed by atoms with E-state index in [1.165, 1.54) is 17.0 Å². The first-order valence-electron chi connectivity index (χ1n) is 6.84. The molecule has 0 bridgehead atoms. The largest absolute Gasteiger partial charge is 0.362 e. The van der Waals surface area contributed by atoms with E-state index in [1.54, 1.807) is 12.1 Å². The maximum Gasteiger partial charge on any atom is 0.166 e. The van der Waals surface area contributed by atoms with Gasteiger partial charge in [0.15, 0.2) is 5.11 Å². The number of thiocarbonyl (C=S) groups is 1. The summed E-state index contributed by atoms with van der Waals surface area (Å²) < 4.78 is 12.8. The predicted octanol–water partition coefficient (Wildman–Crippen LogP) is 0.961. The van der Waals surface area contributed by atoms with Gasteiger partial charge in [-0.05, 0) is 29.9 Å². The van der Waals surface area contributed by atoms with E-state index < -0.39 is 0 Å². The summed E-state index contributed by atoms with van der Waals surface area (Å²) in [6.45, 7) is 6.94. The van der Waals surface area contributed by atoms with Crippen molar-refractivity contribution in [2.75, 3.05) is 27.2 Å². The molecule has 0 aromatic heterocycles. The molecule has 0 spiro atoms. The SMILES string of the molecule is C[NH+](C)CC(C)(C)CNC(=S)NCc1ccc(F)cc1. The molecule has 3 N–H and O–H groups in total. The van der Waals surface area contributed by atoms with Crippen molar-refractivity contribution < 1.29 is 9.29 Å². The van der Waals surface area contributed by atoms with Crippen molar-refractivity contribution in [3.05, 3.63) is 35.6 Å². The maximum atomic E-state index is 12.8. The van der Waals surface area contributed by atoms with Crippen LogP contribution in [0.4, 0.5) is 4.39 Å². The third-order valence-electron chi connectivity index (χ3n) is 2.93. The zero-order chi connectivity index (χ0) is 15.2. The molecule has 3 nitrogen and oxygen atoms in total. The third-order valence-corrected chi connectivity index (χ3v) is 3.21. The average molecular weight is 298 g/mol. The van der Waals surface area contributed by atoms with Crippen LogP contribution in [-0.4, -0.2) is 32.3 Å². The van der Waals surface area contributed by atoms with Crippen LogP contribution in [0, 0.1) is 11.2 Å². The monoisotopic (exact) mass is 298 g/mol. The molecule has 0 aliphatic carbocycles. The number of hydrogen-bond acceptors (Lipinski definition) is 1. The summed E-state index contributed by atoms with van der Waals surface area (Å²) in [6.07, 6.45) is 0. The van der Waals surface area contributed by atoms with Crippen molar-refractivity contribution in [2.45, 2.75) is 20.4 Å². The molecule has 0 saturated carbocycles. The standard InChI is InChI=1S/C15H24FN3S/c1-15(2,11-19(3)4)10-18-14(20)17-9-12-5-7-13(16)8-6-12/h5-8H,9-11H2,1-4H3,(H2,17,18,20)/p+1. The van der Waals surface area contributed by atoms with E-state index in [0.29, 0.717) is 11.7 Å². The van der Waals surface area contributed by atoms with E-state index in [2.05, 4.69) is 38.6 Å². The minimum Gasteiger partial charge on any atom is -0.362 e. The normalized spacial score (nSPS) is 11.5. The van der Waals surface area contributed by atoms with Crippen LogP contribution >= 0.6 is 12.2 Å². The fraction of sp³-hybridized carbons (Fsp3) is 0.533. The Morgan fingerprint density at radius 2 is 1.80 bits per heavy atom. The Morgan fingerprint density at radius 3 is 2.35 bits per heavy atom. The van der Waals surface area contributed by atoms with Crippen LogP contribution in [0.5, 0.6) is 0 Å². The number of hydrogen-bond donors (Lipinski definition) is 3. The first-order chi connectivity index (χ1) is 9.28. The van der Waals surface area contributed by atoms with Crippen LogP contribution in [0.2, 0.25) is 0 Å². The van der Waals surface area contributed by atoms with Gasteiger partial charge in [0.05, 0.1) is 20.6 Å². The first kappa shape index (κ1) is 16.9. The predicted molar refractivity (Wildman–Crippen MR) is 85.3 cm³/mol. The van der Waals surface area contributed by atoms with Gasteiger partial charge in [0.25, 0.3) is 0 Å². The summed E-state index contributed by atoms with van der Waals surface area (Å²) in [5.41, 5.74) is 1.19. The highest BCUT2D eigenvalue weighted by atomic mass is 32.1. The topological polar surface area (TPSA) is 28.5 Å². The van der Waals surface area contributed by atoms with E-state index in [4.69, 9.17) is 12.2 Å². The van der Waals surface area contributed by atoms with Gasteiger partial charge in [-0.25, -0.2) is 4.39 Å². The van der Waals surface area contributed by atoms with Gasteiger partial charge in [0.1, 0.15) is 5.82 Å². The van der Waals surface area contributed by atoms with Crippen molar-refractivity contribution in [3.63, 3.8) is 0 Å². The second-order valence-electron chi connectivity index (χ2n) is 6.21. The highest BCUT2D eigenvalue weighted by Crippen LogP contribution is 2.09. The first-order valence-corrected chi connectivity index (χ1v) is 7.24. The Bertz CT molecular complexity index is 429. The quantitative estimate of drug-likeness (QED) is 0.683. The Balaban J connectivity index is 2.32. The Hall–Kier alpha value is -1.20. The number of quaternary nitrogens is 1. The van der Waals surface area contributed by atoms with Crippen molar-refractivity contribution in [2.24, 2.45) is 5.41 Å². The molecule has 1 aromatic carbocycles. The number of rotatable bonds is 6. The van der Waals surface area contributed by atoms with Crippen molar-refractivity contribution in [1.82, 2.24) is 10.6 Å². The molecule has 20 heavy (non-hydrogen) atoms. The molecule has 0 saturated heterocycles. The van der Waals surface area contributed by atoms with Gasteiger partial charge in [-0.15, -0.1) is 0 Å². The lowest BCUT2D eigenvalue weighted by molar-refractivity contribution is -0.865. The number of nitrogens with one attached hydrogen (secondary N) is 3. The zero-order valence-corrected chi connectivity index (χ0v) is 13.5. The molecule has 0 heterocycles. The minimum atomic E-state index is -0.220. The molecule has 1 aromatic rings. The van der Waals surface area contributed by atoms with Gasteiger partial charge in [0.2, 0.25) is 0 Å². The number of halogens is 1. The van der Waals surface area contributed by atoms with Crippen LogP contribution in [0.25, 0.3) is 0 Å². The van der Waals surface area contributed by atoms with E-state index in [0.717, 1.165) is 18.7 Å². The lowest BCUT2D eigenvalue weighted by Gasteiger charge is -2.26. The summed E-state index contributed by atoms with van der Waals surface area (Å²) in [4.78, 5) is 1.42. The second-order valence-corrected chi connectivity index (χ2v) is 6.62. The molecule has 0 fully saturated rings. The van der Waals surface area contributed by atoms with Crippen molar-refractivity contribution in [1.29, 1.82) is 0 Å². The lowest BCUT2D eigenvalue weighted by Crippen LogP contribution is -3.07. The van der Waals surface area contributed by atoms with Crippen LogP contribution in [0.15, 0.2) is 24.3 Å². The summed E-state index contributed by atoms with van der Waals surface area (Å²) in [6, 6.07) is 6.42.